The second kappa shape index (κ2) is 8.72. The molecule has 0 amide bonds. The van der Waals surface area contributed by atoms with Gasteiger partial charge in [-0.15, -0.1) is 0 Å². The molecule has 0 spiro atoms. The molecule has 0 atom stereocenters. The summed E-state index contributed by atoms with van der Waals surface area (Å²) in [5.41, 5.74) is 3.77. The number of halogens is 3. The Kier molecular flexibility index (Phi) is 6.36. The predicted molar refractivity (Wildman–Crippen MR) is 113 cm³/mol. The molecule has 0 saturated carbocycles. The van der Waals surface area contributed by atoms with E-state index in [1.807, 2.05) is 67.6 Å². The van der Waals surface area contributed by atoms with E-state index in [9.17, 15) is 0 Å². The summed E-state index contributed by atoms with van der Waals surface area (Å²) in [7, 11) is 0. The number of benzene rings is 3. The Morgan fingerprint density at radius 3 is 2.62 bits per heavy atom. The van der Waals surface area contributed by atoms with E-state index in [0.717, 1.165) is 32.6 Å². The molecular formula is C21H16BrCl2NO. The van der Waals surface area contributed by atoms with Gasteiger partial charge < -0.3 is 4.74 Å². The van der Waals surface area contributed by atoms with E-state index >= 15 is 0 Å². The average molecular weight is 449 g/mol. The van der Waals surface area contributed by atoms with Crippen molar-refractivity contribution in [1.82, 2.24) is 0 Å². The third-order valence-electron chi connectivity index (χ3n) is 3.77. The Morgan fingerprint density at radius 2 is 1.81 bits per heavy atom. The van der Waals surface area contributed by atoms with Gasteiger partial charge in [0.2, 0.25) is 0 Å². The predicted octanol–water partition coefficient (Wildman–Crippen LogP) is 7.39. The van der Waals surface area contributed by atoms with Crippen LogP contribution in [0.3, 0.4) is 0 Å². The molecule has 0 heterocycles. The van der Waals surface area contributed by atoms with E-state index in [-0.39, 0.29) is 0 Å². The molecule has 0 unspecified atom stereocenters. The van der Waals surface area contributed by atoms with Crippen LogP contribution in [0.4, 0.5) is 5.69 Å². The maximum atomic E-state index is 6.07. The third-order valence-corrected chi connectivity index (χ3v) is 4.73. The van der Waals surface area contributed by atoms with Crippen LogP contribution in [0.1, 0.15) is 16.7 Å². The molecule has 0 N–H and O–H groups in total. The lowest BCUT2D eigenvalue weighted by molar-refractivity contribution is 0.306. The van der Waals surface area contributed by atoms with Crippen molar-refractivity contribution in [2.24, 2.45) is 4.99 Å². The van der Waals surface area contributed by atoms with Gasteiger partial charge in [0, 0.05) is 26.3 Å². The molecule has 0 saturated heterocycles. The quantitative estimate of drug-likeness (QED) is 0.372. The van der Waals surface area contributed by atoms with Gasteiger partial charge in [-0.1, -0.05) is 57.3 Å². The second-order valence-electron chi connectivity index (χ2n) is 5.79. The molecule has 3 aromatic rings. The van der Waals surface area contributed by atoms with E-state index in [1.54, 1.807) is 6.21 Å². The van der Waals surface area contributed by atoms with Crippen LogP contribution < -0.4 is 4.74 Å². The lowest BCUT2D eigenvalue weighted by Crippen LogP contribution is -1.98. The molecule has 2 nitrogen and oxygen atoms in total. The van der Waals surface area contributed by atoms with Gasteiger partial charge in [0.15, 0.2) is 0 Å². The van der Waals surface area contributed by atoms with E-state index in [0.29, 0.717) is 16.7 Å². The minimum Gasteiger partial charge on any atom is -0.488 e. The molecule has 0 aliphatic rings. The number of rotatable bonds is 5. The van der Waals surface area contributed by atoms with Crippen LogP contribution in [0, 0.1) is 6.92 Å². The first-order valence-corrected chi connectivity index (χ1v) is 9.53. The smallest absolute Gasteiger partial charge is 0.128 e. The van der Waals surface area contributed by atoms with Gasteiger partial charge >= 0.3 is 0 Å². The molecule has 5 heteroatoms. The van der Waals surface area contributed by atoms with Gasteiger partial charge in [0.25, 0.3) is 0 Å². The number of hydrogen-bond donors (Lipinski definition) is 0. The molecule has 0 fully saturated rings. The fourth-order valence-electron chi connectivity index (χ4n) is 2.40. The molecule has 0 aliphatic heterocycles. The first-order chi connectivity index (χ1) is 12.5. The summed E-state index contributed by atoms with van der Waals surface area (Å²) in [5.74, 6) is 0.747. The fraction of sp³-hybridized carbons (Fsp3) is 0.0952. The Hall–Kier alpha value is -1.81. The van der Waals surface area contributed by atoms with Crippen LogP contribution in [-0.4, -0.2) is 6.21 Å². The van der Waals surface area contributed by atoms with Gasteiger partial charge in [-0.2, -0.15) is 0 Å². The molecule has 0 radical (unpaired) electrons. The molecule has 0 aromatic heterocycles. The highest BCUT2D eigenvalue weighted by molar-refractivity contribution is 9.10. The standard InChI is InChI=1S/C21H16BrCl2NO/c1-14-5-7-19(24)11-20(14)25-12-16-10-17(22)6-8-21(16)26-13-15-3-2-4-18(23)9-15/h2-12H,13H2,1H3. The molecule has 0 aliphatic carbocycles. The first kappa shape index (κ1) is 19.0. The van der Waals surface area contributed by atoms with Crippen molar-refractivity contribution < 1.29 is 4.74 Å². The molecule has 3 aromatic carbocycles. The van der Waals surface area contributed by atoms with Gasteiger partial charge in [-0.3, -0.25) is 4.99 Å². The number of ether oxygens (including phenoxy) is 1. The monoisotopic (exact) mass is 447 g/mol. The number of nitrogens with zero attached hydrogens (tertiary/aromatic N) is 1. The molecule has 0 bridgehead atoms. The first-order valence-electron chi connectivity index (χ1n) is 7.98. The van der Waals surface area contributed by atoms with Gasteiger partial charge in [0.1, 0.15) is 12.4 Å². The van der Waals surface area contributed by atoms with Crippen LogP contribution in [0.2, 0.25) is 10.0 Å². The minimum atomic E-state index is 0.430. The maximum absolute atomic E-state index is 6.07. The van der Waals surface area contributed by atoms with Crippen LogP contribution in [0.5, 0.6) is 5.75 Å². The van der Waals surface area contributed by atoms with E-state index < -0.39 is 0 Å². The fourth-order valence-corrected chi connectivity index (χ4v) is 3.16. The summed E-state index contributed by atoms with van der Waals surface area (Å²) in [6, 6.07) is 19.1. The van der Waals surface area contributed by atoms with Crippen molar-refractivity contribution in [3.63, 3.8) is 0 Å². The van der Waals surface area contributed by atoms with E-state index in [2.05, 4.69) is 20.9 Å². The number of aliphatic imine (C=N–C) groups is 1. The SMILES string of the molecule is Cc1ccc(Cl)cc1N=Cc1cc(Br)ccc1OCc1cccc(Cl)c1. The van der Waals surface area contributed by atoms with Crippen molar-refractivity contribution in [3.05, 3.63) is 91.9 Å². The van der Waals surface area contributed by atoms with Crippen LogP contribution in [0.15, 0.2) is 70.1 Å². The largest absolute Gasteiger partial charge is 0.488 e. The Labute approximate surface area is 171 Å². The topological polar surface area (TPSA) is 21.6 Å². The summed E-state index contributed by atoms with van der Waals surface area (Å²) in [6.45, 7) is 2.43. The molecule has 3 rings (SSSR count). The minimum absolute atomic E-state index is 0.430. The summed E-state index contributed by atoms with van der Waals surface area (Å²) in [6.07, 6.45) is 1.79. The molecule has 26 heavy (non-hydrogen) atoms. The normalized spacial score (nSPS) is 11.1. The third kappa shape index (κ3) is 5.10. The van der Waals surface area contributed by atoms with E-state index in [1.165, 1.54) is 0 Å². The number of aryl methyl sites for hydroxylation is 1. The average Bonchev–Trinajstić information content (AvgIpc) is 2.62. The highest BCUT2D eigenvalue weighted by atomic mass is 79.9. The van der Waals surface area contributed by atoms with Gasteiger partial charge in [-0.25, -0.2) is 0 Å². The zero-order valence-electron chi connectivity index (χ0n) is 14.0. The summed E-state index contributed by atoms with van der Waals surface area (Å²) in [5, 5.41) is 1.36. The highest BCUT2D eigenvalue weighted by Gasteiger charge is 2.05. The lowest BCUT2D eigenvalue weighted by atomic mass is 10.2. The van der Waals surface area contributed by atoms with Crippen LogP contribution >= 0.6 is 39.1 Å². The number of hydrogen-bond acceptors (Lipinski definition) is 2. The zero-order chi connectivity index (χ0) is 18.5. The van der Waals surface area contributed by atoms with Crippen molar-refractivity contribution in [2.75, 3.05) is 0 Å². The summed E-state index contributed by atoms with van der Waals surface area (Å²) >= 11 is 15.6. The maximum Gasteiger partial charge on any atom is 0.128 e. The van der Waals surface area contributed by atoms with Crippen molar-refractivity contribution in [1.29, 1.82) is 0 Å². The Balaban J connectivity index is 1.83. The molecule has 132 valence electrons. The molecular weight excluding hydrogens is 433 g/mol. The summed E-state index contributed by atoms with van der Waals surface area (Å²) in [4.78, 5) is 4.58. The summed E-state index contributed by atoms with van der Waals surface area (Å²) < 4.78 is 6.93. The van der Waals surface area contributed by atoms with E-state index in [4.69, 9.17) is 27.9 Å². The zero-order valence-corrected chi connectivity index (χ0v) is 17.1. The van der Waals surface area contributed by atoms with Crippen LogP contribution in [-0.2, 0) is 6.61 Å². The van der Waals surface area contributed by atoms with Crippen molar-refractivity contribution in [2.45, 2.75) is 13.5 Å². The lowest BCUT2D eigenvalue weighted by Gasteiger charge is -2.10. The Morgan fingerprint density at radius 1 is 1.00 bits per heavy atom. The van der Waals surface area contributed by atoms with Crippen molar-refractivity contribution >= 4 is 51.0 Å². The highest BCUT2D eigenvalue weighted by Crippen LogP contribution is 2.26. The van der Waals surface area contributed by atoms with Crippen LogP contribution in [0.25, 0.3) is 0 Å². The van der Waals surface area contributed by atoms with Gasteiger partial charge in [0.05, 0.1) is 5.69 Å². The Bertz CT molecular complexity index is 956. The van der Waals surface area contributed by atoms with Crippen molar-refractivity contribution in [3.8, 4) is 5.75 Å². The second-order valence-corrected chi connectivity index (χ2v) is 7.58. The van der Waals surface area contributed by atoms with Gasteiger partial charge in [-0.05, 0) is 60.5 Å².